The average Bonchev–Trinajstić information content (AvgIpc) is 2.71. The normalized spacial score (nSPS) is 11.1. The fourth-order valence-corrected chi connectivity index (χ4v) is 4.00. The highest BCUT2D eigenvalue weighted by molar-refractivity contribution is 7.91. The number of hydrogen-bond donors (Lipinski definition) is 1. The van der Waals surface area contributed by atoms with E-state index in [1.165, 1.54) is 0 Å². The number of carbonyl (C=O) groups excluding carboxylic acids is 2. The second kappa shape index (κ2) is 10.2. The van der Waals surface area contributed by atoms with Gasteiger partial charge in [0.15, 0.2) is 16.4 Å². The Kier molecular flexibility index (Phi) is 7.90. The van der Waals surface area contributed by atoms with Crippen LogP contribution in [-0.2, 0) is 37.0 Å². The molecule has 29 heavy (non-hydrogen) atoms. The van der Waals surface area contributed by atoms with Crippen LogP contribution in [0.25, 0.3) is 0 Å². The van der Waals surface area contributed by atoms with Gasteiger partial charge in [-0.25, -0.2) is 12.8 Å². The van der Waals surface area contributed by atoms with Gasteiger partial charge in [0, 0.05) is 5.69 Å². The molecule has 1 N–H and O–H groups in total. The van der Waals surface area contributed by atoms with E-state index in [2.05, 4.69) is 5.32 Å². The third kappa shape index (κ3) is 6.39. The minimum Gasteiger partial charge on any atom is -0.456 e. The second-order valence-corrected chi connectivity index (χ2v) is 8.50. The van der Waals surface area contributed by atoms with Crippen molar-refractivity contribution in [2.24, 2.45) is 0 Å². The minimum absolute atomic E-state index is 0.0762. The summed E-state index contributed by atoms with van der Waals surface area (Å²) in [5.41, 5.74) is 2.68. The van der Waals surface area contributed by atoms with E-state index in [0.717, 1.165) is 53.9 Å². The second-order valence-electron chi connectivity index (χ2n) is 6.39. The molecule has 0 unspecified atom stereocenters. The topological polar surface area (TPSA) is 89.5 Å². The van der Waals surface area contributed by atoms with Gasteiger partial charge in [-0.3, -0.25) is 9.59 Å². The maximum absolute atomic E-state index is 12.9. The van der Waals surface area contributed by atoms with Crippen LogP contribution in [0.15, 0.2) is 47.4 Å². The quantitative estimate of drug-likeness (QED) is 0.496. The molecule has 0 spiro atoms. The Morgan fingerprint density at radius 3 is 2.14 bits per heavy atom. The van der Waals surface area contributed by atoms with Gasteiger partial charge in [0.2, 0.25) is 0 Å². The number of para-hydroxylation sites is 1. The number of benzene rings is 2. The summed E-state index contributed by atoms with van der Waals surface area (Å²) in [6.45, 7) is 3.45. The molecule has 0 aliphatic carbocycles. The van der Waals surface area contributed by atoms with Crippen molar-refractivity contribution >= 4 is 27.4 Å². The third-order valence-corrected chi connectivity index (χ3v) is 6.11. The first-order valence-corrected chi connectivity index (χ1v) is 11.0. The Balaban J connectivity index is 1.88. The highest BCUT2D eigenvalue weighted by atomic mass is 32.2. The molecule has 0 aromatic heterocycles. The smallest absolute Gasteiger partial charge is 0.307 e. The van der Waals surface area contributed by atoms with Crippen molar-refractivity contribution < 1.29 is 27.1 Å². The molecule has 8 heteroatoms. The maximum atomic E-state index is 12.9. The third-order valence-electron chi connectivity index (χ3n) is 4.38. The number of nitrogens with one attached hydrogen (secondary N) is 1. The number of sulfone groups is 1. The summed E-state index contributed by atoms with van der Waals surface area (Å²) < 4.78 is 42.1. The zero-order chi connectivity index (χ0) is 21.4. The van der Waals surface area contributed by atoms with Crippen LogP contribution in [0.3, 0.4) is 0 Å². The van der Waals surface area contributed by atoms with Crippen LogP contribution in [0.2, 0.25) is 0 Å². The lowest BCUT2D eigenvalue weighted by atomic mass is 10.0. The number of anilines is 1. The number of esters is 1. The van der Waals surface area contributed by atoms with Gasteiger partial charge < -0.3 is 10.1 Å². The Morgan fingerprint density at radius 1 is 1.00 bits per heavy atom. The molecule has 0 aliphatic rings. The number of hydrogen-bond acceptors (Lipinski definition) is 5. The highest BCUT2D eigenvalue weighted by Crippen LogP contribution is 2.22. The van der Waals surface area contributed by atoms with Crippen molar-refractivity contribution in [1.82, 2.24) is 0 Å². The predicted octanol–water partition coefficient (Wildman–Crippen LogP) is 3.30. The van der Waals surface area contributed by atoms with Gasteiger partial charge in [-0.1, -0.05) is 32.0 Å². The largest absolute Gasteiger partial charge is 0.456 e. The molecule has 0 saturated heterocycles. The summed E-state index contributed by atoms with van der Waals surface area (Å²) in [4.78, 5) is 23.9. The van der Waals surface area contributed by atoms with Crippen molar-refractivity contribution in [3.63, 3.8) is 0 Å². The van der Waals surface area contributed by atoms with Crippen molar-refractivity contribution in [1.29, 1.82) is 0 Å². The van der Waals surface area contributed by atoms with Crippen molar-refractivity contribution in [3.05, 3.63) is 59.4 Å². The molecule has 0 radical (unpaired) electrons. The van der Waals surface area contributed by atoms with Gasteiger partial charge in [0.25, 0.3) is 5.91 Å². The van der Waals surface area contributed by atoms with Gasteiger partial charge in [0.1, 0.15) is 5.82 Å². The van der Waals surface area contributed by atoms with Crippen molar-refractivity contribution in [3.8, 4) is 0 Å². The fraction of sp³-hybridized carbons (Fsp3) is 0.333. The molecule has 0 saturated carbocycles. The van der Waals surface area contributed by atoms with Crippen LogP contribution in [0, 0.1) is 5.82 Å². The first kappa shape index (κ1) is 22.5. The first-order valence-electron chi connectivity index (χ1n) is 9.31. The Labute approximate surface area is 170 Å². The van der Waals surface area contributed by atoms with E-state index >= 15 is 0 Å². The van der Waals surface area contributed by atoms with E-state index in [4.69, 9.17) is 4.74 Å². The van der Waals surface area contributed by atoms with Crippen LogP contribution in [-0.4, -0.2) is 32.7 Å². The van der Waals surface area contributed by atoms with Crippen LogP contribution < -0.4 is 5.32 Å². The summed E-state index contributed by atoms with van der Waals surface area (Å²) in [6.07, 6.45) is 1.08. The number of rotatable bonds is 9. The monoisotopic (exact) mass is 421 g/mol. The summed E-state index contributed by atoms with van der Waals surface area (Å²) in [5.74, 6) is -2.33. The van der Waals surface area contributed by atoms with E-state index in [9.17, 15) is 22.4 Å². The van der Waals surface area contributed by atoms with E-state index in [1.807, 2.05) is 32.0 Å². The summed E-state index contributed by atoms with van der Waals surface area (Å²) in [7, 11) is -3.75. The molecule has 0 heterocycles. The van der Waals surface area contributed by atoms with Gasteiger partial charge in [-0.2, -0.15) is 0 Å². The number of aryl methyl sites for hydroxylation is 2. The number of carbonyl (C=O) groups is 2. The van der Waals surface area contributed by atoms with E-state index < -0.39 is 46.3 Å². The molecule has 0 atom stereocenters. The van der Waals surface area contributed by atoms with Gasteiger partial charge in [-0.15, -0.1) is 0 Å². The lowest BCUT2D eigenvalue weighted by molar-refractivity contribution is -0.146. The molecule has 1 amide bonds. The molecule has 2 rings (SSSR count). The predicted molar refractivity (Wildman–Crippen MR) is 108 cm³/mol. The van der Waals surface area contributed by atoms with Crippen molar-refractivity contribution in [2.75, 3.05) is 17.7 Å². The van der Waals surface area contributed by atoms with Crippen LogP contribution >= 0.6 is 0 Å². The summed E-state index contributed by atoms with van der Waals surface area (Å²) in [5, 5.41) is 2.77. The molecule has 2 aromatic rings. The zero-order valence-electron chi connectivity index (χ0n) is 16.4. The maximum Gasteiger partial charge on any atom is 0.307 e. The van der Waals surface area contributed by atoms with Gasteiger partial charge in [0.05, 0.1) is 17.1 Å². The van der Waals surface area contributed by atoms with E-state index in [0.29, 0.717) is 0 Å². The summed E-state index contributed by atoms with van der Waals surface area (Å²) >= 11 is 0. The molecule has 0 fully saturated rings. The molecule has 0 aliphatic heterocycles. The molecule has 2 aromatic carbocycles. The van der Waals surface area contributed by atoms with Gasteiger partial charge >= 0.3 is 5.97 Å². The number of amides is 1. The molecular weight excluding hydrogens is 397 g/mol. The van der Waals surface area contributed by atoms with Gasteiger partial charge in [-0.05, 0) is 48.2 Å². The summed E-state index contributed by atoms with van der Waals surface area (Å²) in [6, 6.07) is 10.1. The Morgan fingerprint density at radius 2 is 1.59 bits per heavy atom. The number of ether oxygens (including phenoxy) is 1. The van der Waals surface area contributed by atoms with Crippen molar-refractivity contribution in [2.45, 2.75) is 38.0 Å². The average molecular weight is 421 g/mol. The molecule has 156 valence electrons. The van der Waals surface area contributed by atoms with E-state index in [1.54, 1.807) is 0 Å². The zero-order valence-corrected chi connectivity index (χ0v) is 17.2. The Hall–Kier alpha value is -2.74. The standard InChI is InChI=1S/C21H24FNO5S/c1-3-15-6-5-7-16(4-2)21(15)23-19(24)14-28-20(25)12-13-29(26,27)18-10-8-17(22)9-11-18/h5-11H,3-4,12-14H2,1-2H3,(H,23,24). The highest BCUT2D eigenvalue weighted by Gasteiger charge is 2.18. The fourth-order valence-electron chi connectivity index (χ4n) is 2.77. The lowest BCUT2D eigenvalue weighted by Gasteiger charge is -2.14. The number of halogens is 1. The van der Waals surface area contributed by atoms with Crippen LogP contribution in [0.5, 0.6) is 0 Å². The molecule has 0 bridgehead atoms. The van der Waals surface area contributed by atoms with E-state index in [-0.39, 0.29) is 4.90 Å². The lowest BCUT2D eigenvalue weighted by Crippen LogP contribution is -2.23. The minimum atomic E-state index is -3.75. The van der Waals surface area contributed by atoms with Crippen LogP contribution in [0.4, 0.5) is 10.1 Å². The Bertz CT molecular complexity index is 949. The first-order chi connectivity index (χ1) is 13.8. The molecule has 6 nitrogen and oxygen atoms in total. The van der Waals surface area contributed by atoms with Crippen LogP contribution in [0.1, 0.15) is 31.4 Å². The SMILES string of the molecule is CCc1cccc(CC)c1NC(=O)COC(=O)CCS(=O)(=O)c1ccc(F)cc1. The molecular formula is C21H24FNO5S.